The third kappa shape index (κ3) is 2.92. The van der Waals surface area contributed by atoms with E-state index in [2.05, 4.69) is 10.2 Å². The second-order valence-corrected chi connectivity index (χ2v) is 4.84. The molecular formula is C11H21N3O. The van der Waals surface area contributed by atoms with Crippen molar-refractivity contribution >= 4 is 5.91 Å². The second-order valence-electron chi connectivity index (χ2n) is 4.84. The van der Waals surface area contributed by atoms with Crippen molar-refractivity contribution in [1.29, 1.82) is 0 Å². The molecule has 15 heavy (non-hydrogen) atoms. The molecule has 4 nitrogen and oxygen atoms in total. The highest BCUT2D eigenvalue weighted by Gasteiger charge is 2.27. The van der Waals surface area contributed by atoms with E-state index in [9.17, 15) is 4.79 Å². The summed E-state index contributed by atoms with van der Waals surface area (Å²) < 4.78 is 0. The molecule has 1 saturated heterocycles. The predicted molar refractivity (Wildman–Crippen MR) is 59.4 cm³/mol. The first-order valence-electron chi connectivity index (χ1n) is 5.99. The fraction of sp³-hybridized carbons (Fsp3) is 0.909. The Balaban J connectivity index is 1.61. The highest BCUT2D eigenvalue weighted by molar-refractivity contribution is 5.78. The molecule has 0 bridgehead atoms. The van der Waals surface area contributed by atoms with E-state index in [0.717, 1.165) is 32.5 Å². The molecule has 4 heteroatoms. The summed E-state index contributed by atoms with van der Waals surface area (Å²) in [4.78, 5) is 13.8. The summed E-state index contributed by atoms with van der Waals surface area (Å²) in [5.41, 5.74) is 5.53. The van der Waals surface area contributed by atoms with Gasteiger partial charge in [-0.25, -0.2) is 0 Å². The monoisotopic (exact) mass is 211 g/mol. The van der Waals surface area contributed by atoms with Gasteiger partial charge in [0.05, 0.1) is 6.54 Å². The number of hydrogen-bond acceptors (Lipinski definition) is 3. The van der Waals surface area contributed by atoms with Crippen molar-refractivity contribution in [2.24, 2.45) is 11.7 Å². The minimum atomic E-state index is 0.192. The lowest BCUT2D eigenvalue weighted by molar-refractivity contribution is -0.124. The topological polar surface area (TPSA) is 58.4 Å². The van der Waals surface area contributed by atoms with Gasteiger partial charge in [-0.1, -0.05) is 12.8 Å². The molecule has 3 N–H and O–H groups in total. The average molecular weight is 211 g/mol. The molecule has 0 radical (unpaired) electrons. The number of nitrogens with two attached hydrogens (primary N) is 1. The number of nitrogens with zero attached hydrogens (tertiary/aromatic N) is 1. The number of amides is 1. The van der Waals surface area contributed by atoms with Crippen molar-refractivity contribution in [2.75, 3.05) is 26.2 Å². The smallest absolute Gasteiger partial charge is 0.234 e. The lowest BCUT2D eigenvalue weighted by Crippen LogP contribution is -2.53. The SMILES string of the molecule is NCC1CN(CC(=O)NC2CCCC2)C1. The van der Waals surface area contributed by atoms with Crippen molar-refractivity contribution < 1.29 is 4.79 Å². The van der Waals surface area contributed by atoms with Gasteiger partial charge in [-0.05, 0) is 25.3 Å². The van der Waals surface area contributed by atoms with Gasteiger partial charge < -0.3 is 11.1 Å². The summed E-state index contributed by atoms with van der Waals surface area (Å²) in [5, 5.41) is 3.10. The zero-order valence-electron chi connectivity index (χ0n) is 9.24. The van der Waals surface area contributed by atoms with Gasteiger partial charge in [-0.15, -0.1) is 0 Å². The van der Waals surface area contributed by atoms with Crippen LogP contribution in [0.3, 0.4) is 0 Å². The average Bonchev–Trinajstić information content (AvgIpc) is 2.63. The van der Waals surface area contributed by atoms with Crippen molar-refractivity contribution in [3.63, 3.8) is 0 Å². The van der Waals surface area contributed by atoms with Crippen LogP contribution in [0.15, 0.2) is 0 Å². The third-order valence-electron chi connectivity index (χ3n) is 3.45. The van der Waals surface area contributed by atoms with E-state index in [0.29, 0.717) is 18.5 Å². The van der Waals surface area contributed by atoms with Gasteiger partial charge in [0.25, 0.3) is 0 Å². The molecule has 2 fully saturated rings. The summed E-state index contributed by atoms with van der Waals surface area (Å²) >= 11 is 0. The normalized spacial score (nSPS) is 24.1. The van der Waals surface area contributed by atoms with E-state index in [1.807, 2.05) is 0 Å². The van der Waals surface area contributed by atoms with Gasteiger partial charge in [-0.2, -0.15) is 0 Å². The van der Waals surface area contributed by atoms with Crippen molar-refractivity contribution in [2.45, 2.75) is 31.7 Å². The molecule has 1 saturated carbocycles. The standard InChI is InChI=1S/C11H21N3O/c12-5-9-6-14(7-9)8-11(15)13-10-3-1-2-4-10/h9-10H,1-8,12H2,(H,13,15). The minimum Gasteiger partial charge on any atom is -0.352 e. The summed E-state index contributed by atoms with van der Waals surface area (Å²) in [6.07, 6.45) is 4.86. The maximum atomic E-state index is 11.6. The quantitative estimate of drug-likeness (QED) is 0.684. The molecule has 86 valence electrons. The third-order valence-corrected chi connectivity index (χ3v) is 3.45. The van der Waals surface area contributed by atoms with Crippen molar-refractivity contribution in [3.8, 4) is 0 Å². The van der Waals surface area contributed by atoms with Crippen LogP contribution in [0.2, 0.25) is 0 Å². The molecule has 0 aromatic carbocycles. The number of rotatable bonds is 4. The van der Waals surface area contributed by atoms with Crippen molar-refractivity contribution in [1.82, 2.24) is 10.2 Å². The van der Waals surface area contributed by atoms with Crippen LogP contribution in [-0.2, 0) is 4.79 Å². The van der Waals surface area contributed by atoms with Crippen LogP contribution in [0.25, 0.3) is 0 Å². The van der Waals surface area contributed by atoms with E-state index < -0.39 is 0 Å². The van der Waals surface area contributed by atoms with Crippen LogP contribution in [-0.4, -0.2) is 43.0 Å². The molecule has 1 aliphatic carbocycles. The van der Waals surface area contributed by atoms with Gasteiger partial charge in [0.2, 0.25) is 5.91 Å². The molecule has 1 amide bonds. The maximum Gasteiger partial charge on any atom is 0.234 e. The molecule has 1 heterocycles. The van der Waals surface area contributed by atoms with E-state index in [4.69, 9.17) is 5.73 Å². The Kier molecular flexibility index (Phi) is 3.59. The molecule has 2 aliphatic rings. The minimum absolute atomic E-state index is 0.192. The Morgan fingerprint density at radius 2 is 2.00 bits per heavy atom. The van der Waals surface area contributed by atoms with Gasteiger partial charge >= 0.3 is 0 Å². The molecule has 0 unspecified atom stereocenters. The Morgan fingerprint density at radius 3 is 2.60 bits per heavy atom. The maximum absolute atomic E-state index is 11.6. The predicted octanol–water partition coefficient (Wildman–Crippen LogP) is -0.0643. The van der Waals surface area contributed by atoms with Crippen molar-refractivity contribution in [3.05, 3.63) is 0 Å². The number of hydrogen-bond donors (Lipinski definition) is 2. The van der Waals surface area contributed by atoms with E-state index in [-0.39, 0.29) is 5.91 Å². The molecule has 0 aromatic heterocycles. The number of carbonyl (C=O) groups is 1. The van der Waals surface area contributed by atoms with Crippen LogP contribution in [0.4, 0.5) is 0 Å². The van der Waals surface area contributed by atoms with E-state index in [1.54, 1.807) is 0 Å². The molecule has 0 aromatic rings. The highest BCUT2D eigenvalue weighted by Crippen LogP contribution is 2.18. The van der Waals surface area contributed by atoms with Gasteiger partial charge in [0.1, 0.15) is 0 Å². The number of nitrogens with one attached hydrogen (secondary N) is 1. The Hall–Kier alpha value is -0.610. The van der Waals surface area contributed by atoms with Crippen LogP contribution < -0.4 is 11.1 Å². The summed E-state index contributed by atoms with van der Waals surface area (Å²) in [5.74, 6) is 0.807. The second kappa shape index (κ2) is 4.94. The summed E-state index contributed by atoms with van der Waals surface area (Å²) in [6.45, 7) is 3.30. The van der Waals surface area contributed by atoms with Crippen LogP contribution in [0, 0.1) is 5.92 Å². The zero-order valence-corrected chi connectivity index (χ0v) is 9.24. The first-order valence-corrected chi connectivity index (χ1v) is 5.99. The van der Waals surface area contributed by atoms with Gasteiger partial charge in [0, 0.05) is 19.1 Å². The largest absolute Gasteiger partial charge is 0.352 e. The van der Waals surface area contributed by atoms with Crippen LogP contribution >= 0.6 is 0 Å². The highest BCUT2D eigenvalue weighted by atomic mass is 16.2. The Morgan fingerprint density at radius 1 is 1.33 bits per heavy atom. The van der Waals surface area contributed by atoms with Gasteiger partial charge in [-0.3, -0.25) is 9.69 Å². The Bertz CT molecular complexity index is 220. The van der Waals surface area contributed by atoms with Crippen LogP contribution in [0.5, 0.6) is 0 Å². The molecule has 0 spiro atoms. The van der Waals surface area contributed by atoms with Gasteiger partial charge in [0.15, 0.2) is 0 Å². The first kappa shape index (κ1) is 10.9. The Labute approximate surface area is 91.2 Å². The van der Waals surface area contributed by atoms with Crippen LogP contribution in [0.1, 0.15) is 25.7 Å². The molecule has 2 rings (SSSR count). The summed E-state index contributed by atoms with van der Waals surface area (Å²) in [7, 11) is 0. The molecule has 0 atom stereocenters. The fourth-order valence-corrected chi connectivity index (χ4v) is 2.50. The lowest BCUT2D eigenvalue weighted by atomic mass is 10.0. The number of likely N-dealkylation sites (tertiary alicyclic amines) is 1. The van der Waals surface area contributed by atoms with E-state index >= 15 is 0 Å². The summed E-state index contributed by atoms with van der Waals surface area (Å²) in [6, 6.07) is 0.448. The number of carbonyl (C=O) groups excluding carboxylic acids is 1. The zero-order chi connectivity index (χ0) is 10.7. The first-order chi connectivity index (χ1) is 7.28. The lowest BCUT2D eigenvalue weighted by Gasteiger charge is -2.38. The fourth-order valence-electron chi connectivity index (χ4n) is 2.50. The van der Waals surface area contributed by atoms with E-state index in [1.165, 1.54) is 12.8 Å². The molecular weight excluding hydrogens is 190 g/mol. The molecule has 1 aliphatic heterocycles.